The Balaban J connectivity index is 2.42. The molecule has 98 valence electrons. The topological polar surface area (TPSA) is 53.1 Å². The number of thioether (sulfide) groups is 1. The molecule has 2 rings (SSSR count). The summed E-state index contributed by atoms with van der Waals surface area (Å²) in [6.07, 6.45) is 0. The largest absolute Gasteiger partial charge is 0.384 e. The maximum atomic E-state index is 7.73. The zero-order valence-electron chi connectivity index (χ0n) is 11.2. The van der Waals surface area contributed by atoms with Gasteiger partial charge >= 0.3 is 0 Å². The molecule has 1 aliphatic heterocycles. The minimum atomic E-state index is 0.156. The first-order valence-electron chi connectivity index (χ1n) is 6.34. The van der Waals surface area contributed by atoms with Gasteiger partial charge in [-0.25, -0.2) is 0 Å². The molecule has 0 saturated carbocycles. The SMILES string of the molecule is Cc1ccc(C(=N)N)c(N2CCSC(C)C2C)c1. The molecule has 1 aromatic rings. The Hall–Kier alpha value is -1.16. The molecule has 18 heavy (non-hydrogen) atoms. The van der Waals surface area contributed by atoms with Gasteiger partial charge in [0.2, 0.25) is 0 Å². The molecule has 1 saturated heterocycles. The van der Waals surface area contributed by atoms with Crippen LogP contribution in [0, 0.1) is 12.3 Å². The third-order valence-corrected chi connectivity index (χ3v) is 4.97. The number of rotatable bonds is 2. The van der Waals surface area contributed by atoms with Gasteiger partial charge in [0.1, 0.15) is 5.84 Å². The van der Waals surface area contributed by atoms with Crippen LogP contribution in [0.15, 0.2) is 18.2 Å². The molecular formula is C14H21N3S. The van der Waals surface area contributed by atoms with Gasteiger partial charge in [-0.2, -0.15) is 11.8 Å². The van der Waals surface area contributed by atoms with Crippen LogP contribution < -0.4 is 10.6 Å². The summed E-state index contributed by atoms with van der Waals surface area (Å²) >= 11 is 2.02. The molecule has 2 unspecified atom stereocenters. The molecule has 0 aromatic heterocycles. The quantitative estimate of drug-likeness (QED) is 0.637. The highest BCUT2D eigenvalue weighted by Gasteiger charge is 2.27. The number of hydrogen-bond acceptors (Lipinski definition) is 3. The summed E-state index contributed by atoms with van der Waals surface area (Å²) in [5.41, 5.74) is 8.89. The second-order valence-electron chi connectivity index (χ2n) is 4.94. The van der Waals surface area contributed by atoms with Gasteiger partial charge in [-0.15, -0.1) is 0 Å². The Kier molecular flexibility index (Phi) is 3.85. The summed E-state index contributed by atoms with van der Waals surface area (Å²) in [5.74, 6) is 1.29. The first kappa shape index (κ1) is 13.3. The first-order chi connectivity index (χ1) is 8.50. The third-order valence-electron chi connectivity index (χ3n) is 3.64. The molecule has 0 amide bonds. The molecule has 1 aromatic carbocycles. The maximum Gasteiger partial charge on any atom is 0.124 e. The summed E-state index contributed by atoms with van der Waals surface area (Å²) < 4.78 is 0. The fourth-order valence-electron chi connectivity index (χ4n) is 2.38. The van der Waals surface area contributed by atoms with Crippen molar-refractivity contribution in [2.45, 2.75) is 32.1 Å². The van der Waals surface area contributed by atoms with E-state index < -0.39 is 0 Å². The minimum absolute atomic E-state index is 0.156. The number of nitrogens with one attached hydrogen (secondary N) is 1. The van der Waals surface area contributed by atoms with E-state index >= 15 is 0 Å². The molecule has 1 fully saturated rings. The lowest BCUT2D eigenvalue weighted by Crippen LogP contribution is -2.45. The fraction of sp³-hybridized carbons (Fsp3) is 0.500. The van der Waals surface area contributed by atoms with Crippen LogP contribution in [0.5, 0.6) is 0 Å². The van der Waals surface area contributed by atoms with E-state index in [-0.39, 0.29) is 5.84 Å². The normalized spacial score (nSPS) is 24.1. The van der Waals surface area contributed by atoms with Crippen molar-refractivity contribution in [3.8, 4) is 0 Å². The molecule has 3 nitrogen and oxygen atoms in total. The van der Waals surface area contributed by atoms with Gasteiger partial charge in [-0.3, -0.25) is 5.41 Å². The molecule has 3 N–H and O–H groups in total. The minimum Gasteiger partial charge on any atom is -0.384 e. The smallest absolute Gasteiger partial charge is 0.124 e. The van der Waals surface area contributed by atoms with Crippen LogP contribution in [0.2, 0.25) is 0 Å². The highest BCUT2D eigenvalue weighted by molar-refractivity contribution is 8.00. The summed E-state index contributed by atoms with van der Waals surface area (Å²) in [6, 6.07) is 6.61. The molecule has 0 aliphatic carbocycles. The van der Waals surface area contributed by atoms with Crippen molar-refractivity contribution in [2.75, 3.05) is 17.2 Å². The Morgan fingerprint density at radius 3 is 2.83 bits per heavy atom. The first-order valence-corrected chi connectivity index (χ1v) is 7.39. The van der Waals surface area contributed by atoms with E-state index in [1.807, 2.05) is 23.9 Å². The molecule has 1 aliphatic rings. The van der Waals surface area contributed by atoms with Gasteiger partial charge in [0, 0.05) is 34.8 Å². The fourth-order valence-corrected chi connectivity index (χ4v) is 3.48. The zero-order chi connectivity index (χ0) is 13.3. The maximum absolute atomic E-state index is 7.73. The molecular weight excluding hydrogens is 242 g/mol. The van der Waals surface area contributed by atoms with E-state index in [0.717, 1.165) is 23.5 Å². The monoisotopic (exact) mass is 263 g/mol. The van der Waals surface area contributed by atoms with Crippen molar-refractivity contribution in [3.05, 3.63) is 29.3 Å². The summed E-state index contributed by atoms with van der Waals surface area (Å²) in [7, 11) is 0. The van der Waals surface area contributed by atoms with Crippen LogP contribution in [-0.4, -0.2) is 29.4 Å². The second-order valence-corrected chi connectivity index (χ2v) is 6.43. The van der Waals surface area contributed by atoms with Crippen LogP contribution in [0.1, 0.15) is 25.0 Å². The van der Waals surface area contributed by atoms with E-state index in [0.29, 0.717) is 11.3 Å². The highest BCUT2D eigenvalue weighted by Crippen LogP contribution is 2.31. The lowest BCUT2D eigenvalue weighted by molar-refractivity contribution is 0.627. The molecule has 0 radical (unpaired) electrons. The van der Waals surface area contributed by atoms with Crippen molar-refractivity contribution >= 4 is 23.3 Å². The lowest BCUT2D eigenvalue weighted by atomic mass is 10.1. The highest BCUT2D eigenvalue weighted by atomic mass is 32.2. The van der Waals surface area contributed by atoms with E-state index in [1.165, 1.54) is 5.56 Å². The van der Waals surface area contributed by atoms with Crippen LogP contribution in [-0.2, 0) is 0 Å². The van der Waals surface area contributed by atoms with Crippen molar-refractivity contribution in [2.24, 2.45) is 5.73 Å². The molecule has 2 atom stereocenters. The number of nitrogens with two attached hydrogens (primary N) is 1. The predicted molar refractivity (Wildman–Crippen MR) is 80.9 cm³/mol. The van der Waals surface area contributed by atoms with Crippen LogP contribution >= 0.6 is 11.8 Å². The Bertz CT molecular complexity index is 458. The second kappa shape index (κ2) is 5.22. The number of amidine groups is 1. The van der Waals surface area contributed by atoms with Gasteiger partial charge in [0.15, 0.2) is 0 Å². The average molecular weight is 263 g/mol. The van der Waals surface area contributed by atoms with Crippen molar-refractivity contribution in [1.82, 2.24) is 0 Å². The molecule has 0 bridgehead atoms. The third kappa shape index (κ3) is 2.48. The zero-order valence-corrected chi connectivity index (χ0v) is 12.1. The van der Waals surface area contributed by atoms with E-state index in [9.17, 15) is 0 Å². The summed E-state index contributed by atoms with van der Waals surface area (Å²) in [6.45, 7) is 7.63. The average Bonchev–Trinajstić information content (AvgIpc) is 2.32. The Morgan fingerprint density at radius 2 is 2.17 bits per heavy atom. The molecule has 1 heterocycles. The molecule has 0 spiro atoms. The van der Waals surface area contributed by atoms with Gasteiger partial charge in [-0.1, -0.05) is 13.0 Å². The number of anilines is 1. The van der Waals surface area contributed by atoms with Crippen LogP contribution in [0.3, 0.4) is 0 Å². The van der Waals surface area contributed by atoms with Crippen molar-refractivity contribution in [3.63, 3.8) is 0 Å². The van der Waals surface area contributed by atoms with Gasteiger partial charge < -0.3 is 10.6 Å². The Labute approximate surface area is 113 Å². The number of benzene rings is 1. The van der Waals surface area contributed by atoms with Crippen molar-refractivity contribution < 1.29 is 0 Å². The summed E-state index contributed by atoms with van der Waals surface area (Å²) in [5, 5.41) is 8.34. The van der Waals surface area contributed by atoms with Gasteiger partial charge in [0.25, 0.3) is 0 Å². The number of hydrogen-bond donors (Lipinski definition) is 2. The number of aryl methyl sites for hydroxylation is 1. The number of nitrogens with zero attached hydrogens (tertiary/aromatic N) is 1. The van der Waals surface area contributed by atoms with E-state index in [1.54, 1.807) is 0 Å². The standard InChI is InChI=1S/C14H21N3S/c1-9-4-5-12(14(15)16)13(8-9)17-6-7-18-11(3)10(17)2/h4-5,8,10-11H,6-7H2,1-3H3,(H3,15,16). The lowest BCUT2D eigenvalue weighted by Gasteiger charge is -2.40. The van der Waals surface area contributed by atoms with Gasteiger partial charge in [-0.05, 0) is 31.5 Å². The summed E-state index contributed by atoms with van der Waals surface area (Å²) in [4.78, 5) is 2.39. The van der Waals surface area contributed by atoms with E-state index in [2.05, 4.69) is 31.7 Å². The van der Waals surface area contributed by atoms with Crippen LogP contribution in [0.4, 0.5) is 5.69 Å². The van der Waals surface area contributed by atoms with Gasteiger partial charge in [0.05, 0.1) is 0 Å². The Morgan fingerprint density at radius 1 is 1.44 bits per heavy atom. The van der Waals surface area contributed by atoms with E-state index in [4.69, 9.17) is 11.1 Å². The van der Waals surface area contributed by atoms with Crippen molar-refractivity contribution in [1.29, 1.82) is 5.41 Å². The predicted octanol–water partition coefficient (Wildman–Crippen LogP) is 2.61. The van der Waals surface area contributed by atoms with Crippen LogP contribution in [0.25, 0.3) is 0 Å². The molecule has 4 heteroatoms. The number of nitrogen functional groups attached to an aromatic ring is 1.